The van der Waals surface area contributed by atoms with Crippen molar-refractivity contribution in [3.8, 4) is 5.75 Å². The van der Waals surface area contributed by atoms with Gasteiger partial charge in [0.25, 0.3) is 0 Å². The van der Waals surface area contributed by atoms with Gasteiger partial charge >= 0.3 is 0 Å². The molecule has 0 saturated heterocycles. The van der Waals surface area contributed by atoms with E-state index in [1.54, 1.807) is 0 Å². The number of aryl methyl sites for hydroxylation is 2. The van der Waals surface area contributed by atoms with Crippen LogP contribution in [0.4, 0.5) is 0 Å². The van der Waals surface area contributed by atoms with Crippen LogP contribution in [0.25, 0.3) is 5.57 Å². The van der Waals surface area contributed by atoms with Gasteiger partial charge in [0.05, 0.1) is 0 Å². The summed E-state index contributed by atoms with van der Waals surface area (Å²) in [6, 6.07) is 14.8. The predicted molar refractivity (Wildman–Crippen MR) is 92.2 cm³/mol. The van der Waals surface area contributed by atoms with Crippen LogP contribution in [0.3, 0.4) is 0 Å². The first-order valence-corrected chi connectivity index (χ1v) is 7.92. The molecule has 3 rings (SSSR count). The van der Waals surface area contributed by atoms with Gasteiger partial charge in [0, 0.05) is 6.54 Å². The van der Waals surface area contributed by atoms with Gasteiger partial charge in [0.2, 0.25) is 0 Å². The summed E-state index contributed by atoms with van der Waals surface area (Å²) in [4.78, 5) is 0. The Morgan fingerprint density at radius 1 is 1.05 bits per heavy atom. The fourth-order valence-corrected chi connectivity index (χ4v) is 2.89. The fraction of sp³-hybridized carbons (Fsp3) is 0.300. The van der Waals surface area contributed by atoms with Gasteiger partial charge in [0.15, 0.2) is 0 Å². The van der Waals surface area contributed by atoms with Crippen molar-refractivity contribution in [1.82, 2.24) is 5.32 Å². The quantitative estimate of drug-likeness (QED) is 0.909. The van der Waals surface area contributed by atoms with E-state index in [0.29, 0.717) is 6.61 Å². The highest BCUT2D eigenvalue weighted by molar-refractivity contribution is 5.70. The lowest BCUT2D eigenvalue weighted by atomic mass is 9.94. The van der Waals surface area contributed by atoms with Gasteiger partial charge in [0.1, 0.15) is 12.4 Å². The largest absolute Gasteiger partial charge is 0.489 e. The smallest absolute Gasteiger partial charge is 0.123 e. The van der Waals surface area contributed by atoms with E-state index in [-0.39, 0.29) is 0 Å². The average Bonchev–Trinajstić information content (AvgIpc) is 2.57. The Kier molecular flexibility index (Phi) is 4.59. The van der Waals surface area contributed by atoms with Crippen molar-refractivity contribution in [1.29, 1.82) is 0 Å². The third kappa shape index (κ3) is 3.40. The number of hydrogen-bond donors (Lipinski definition) is 1. The van der Waals surface area contributed by atoms with Crippen LogP contribution in [0.1, 0.15) is 28.7 Å². The molecule has 0 saturated carbocycles. The van der Waals surface area contributed by atoms with E-state index >= 15 is 0 Å². The Morgan fingerprint density at radius 2 is 1.86 bits per heavy atom. The molecule has 0 radical (unpaired) electrons. The summed E-state index contributed by atoms with van der Waals surface area (Å²) in [6.45, 7) is 6.96. The van der Waals surface area contributed by atoms with Crippen molar-refractivity contribution in [3.05, 3.63) is 70.8 Å². The highest BCUT2D eigenvalue weighted by Gasteiger charge is 2.11. The molecule has 2 nitrogen and oxygen atoms in total. The van der Waals surface area contributed by atoms with E-state index in [1.807, 2.05) is 18.2 Å². The normalized spacial score (nSPS) is 14.5. The zero-order chi connectivity index (χ0) is 15.4. The van der Waals surface area contributed by atoms with E-state index in [9.17, 15) is 0 Å². The van der Waals surface area contributed by atoms with Crippen LogP contribution < -0.4 is 10.1 Å². The van der Waals surface area contributed by atoms with E-state index in [0.717, 1.165) is 25.3 Å². The van der Waals surface area contributed by atoms with E-state index < -0.39 is 0 Å². The summed E-state index contributed by atoms with van der Waals surface area (Å²) in [7, 11) is 0. The second-order valence-electron chi connectivity index (χ2n) is 5.89. The molecule has 114 valence electrons. The zero-order valence-electron chi connectivity index (χ0n) is 13.4. The lowest BCUT2D eigenvalue weighted by Crippen LogP contribution is -2.20. The van der Waals surface area contributed by atoms with Crippen LogP contribution in [-0.2, 0) is 6.61 Å². The molecular weight excluding hydrogens is 270 g/mol. The molecule has 2 aromatic rings. The minimum absolute atomic E-state index is 0.618. The molecule has 1 aliphatic rings. The molecule has 0 unspecified atom stereocenters. The van der Waals surface area contributed by atoms with E-state index in [4.69, 9.17) is 4.74 Å². The van der Waals surface area contributed by atoms with Gasteiger partial charge in [-0.2, -0.15) is 0 Å². The monoisotopic (exact) mass is 293 g/mol. The van der Waals surface area contributed by atoms with Gasteiger partial charge in [-0.25, -0.2) is 0 Å². The Hall–Kier alpha value is -2.06. The third-order valence-electron chi connectivity index (χ3n) is 4.17. The number of nitrogens with one attached hydrogen (secondary N) is 1. The highest BCUT2D eigenvalue weighted by Crippen LogP contribution is 2.30. The first kappa shape index (κ1) is 14.9. The van der Waals surface area contributed by atoms with Gasteiger partial charge in [-0.3, -0.25) is 0 Å². The van der Waals surface area contributed by atoms with Gasteiger partial charge in [-0.05, 0) is 66.8 Å². The molecule has 0 fully saturated rings. The molecule has 2 aromatic carbocycles. The van der Waals surface area contributed by atoms with Crippen LogP contribution in [0, 0.1) is 13.8 Å². The summed E-state index contributed by atoms with van der Waals surface area (Å²) >= 11 is 0. The maximum absolute atomic E-state index is 6.01. The second-order valence-corrected chi connectivity index (χ2v) is 5.89. The Balaban J connectivity index is 1.79. The second kappa shape index (κ2) is 6.80. The Labute approximate surface area is 132 Å². The molecule has 22 heavy (non-hydrogen) atoms. The molecule has 1 N–H and O–H groups in total. The van der Waals surface area contributed by atoms with Gasteiger partial charge < -0.3 is 10.1 Å². The standard InChI is InChI=1S/C20H23NO/c1-15-13-20(22-14-17-6-4-3-5-7-17)16(2)12-19(15)18-8-10-21-11-9-18/h3-8,12-13,21H,9-11,14H2,1-2H3. The minimum atomic E-state index is 0.618. The molecular formula is C20H23NO. The Morgan fingerprint density at radius 3 is 2.59 bits per heavy atom. The van der Waals surface area contributed by atoms with Crippen molar-refractivity contribution in [2.45, 2.75) is 26.9 Å². The van der Waals surface area contributed by atoms with Crippen LogP contribution in [0.2, 0.25) is 0 Å². The Bertz CT molecular complexity index is 674. The maximum Gasteiger partial charge on any atom is 0.123 e. The molecule has 0 aliphatic carbocycles. The van der Waals surface area contributed by atoms with Crippen LogP contribution in [-0.4, -0.2) is 13.1 Å². The summed E-state index contributed by atoms with van der Waals surface area (Å²) < 4.78 is 6.01. The number of benzene rings is 2. The van der Waals surface area contributed by atoms with Crippen LogP contribution >= 0.6 is 0 Å². The van der Waals surface area contributed by atoms with Gasteiger partial charge in [-0.1, -0.05) is 36.4 Å². The number of rotatable bonds is 4. The summed E-state index contributed by atoms with van der Waals surface area (Å²) in [6.07, 6.45) is 3.40. The van der Waals surface area contributed by atoms with Crippen LogP contribution in [0.15, 0.2) is 48.5 Å². The molecule has 0 aromatic heterocycles. The summed E-state index contributed by atoms with van der Waals surface area (Å²) in [5, 5.41) is 3.37. The molecule has 2 heteroatoms. The van der Waals surface area contributed by atoms with Gasteiger partial charge in [-0.15, -0.1) is 0 Å². The molecule has 1 aliphatic heterocycles. The average molecular weight is 293 g/mol. The molecule has 0 atom stereocenters. The number of ether oxygens (including phenoxy) is 1. The first-order valence-electron chi connectivity index (χ1n) is 7.92. The molecule has 0 bridgehead atoms. The predicted octanol–water partition coefficient (Wildman–Crippen LogP) is 4.26. The van der Waals surface area contributed by atoms with E-state index in [2.05, 4.69) is 49.5 Å². The van der Waals surface area contributed by atoms with E-state index in [1.165, 1.54) is 27.8 Å². The minimum Gasteiger partial charge on any atom is -0.489 e. The van der Waals surface area contributed by atoms with Crippen molar-refractivity contribution in [3.63, 3.8) is 0 Å². The maximum atomic E-state index is 6.01. The first-order chi connectivity index (χ1) is 10.7. The van der Waals surface area contributed by atoms with Crippen molar-refractivity contribution < 1.29 is 4.74 Å². The molecule has 0 amide bonds. The fourth-order valence-electron chi connectivity index (χ4n) is 2.89. The molecule has 0 spiro atoms. The lowest BCUT2D eigenvalue weighted by Gasteiger charge is -2.18. The number of hydrogen-bond acceptors (Lipinski definition) is 2. The molecule has 1 heterocycles. The summed E-state index contributed by atoms with van der Waals surface area (Å²) in [5.41, 5.74) is 6.52. The lowest BCUT2D eigenvalue weighted by molar-refractivity contribution is 0.304. The van der Waals surface area contributed by atoms with Crippen molar-refractivity contribution in [2.24, 2.45) is 0 Å². The highest BCUT2D eigenvalue weighted by atomic mass is 16.5. The van der Waals surface area contributed by atoms with Crippen molar-refractivity contribution >= 4 is 5.57 Å². The SMILES string of the molecule is Cc1cc(C2=CCNCC2)c(C)cc1OCc1ccccc1. The zero-order valence-corrected chi connectivity index (χ0v) is 13.4. The third-order valence-corrected chi connectivity index (χ3v) is 4.17. The topological polar surface area (TPSA) is 21.3 Å². The van der Waals surface area contributed by atoms with Crippen molar-refractivity contribution in [2.75, 3.05) is 13.1 Å². The van der Waals surface area contributed by atoms with Crippen LogP contribution in [0.5, 0.6) is 5.75 Å². The summed E-state index contributed by atoms with van der Waals surface area (Å²) in [5.74, 6) is 0.986.